The Labute approximate surface area is 156 Å². The number of nitrogens with zero attached hydrogens (tertiary/aromatic N) is 4. The normalized spacial score (nSPS) is 15.1. The van der Waals surface area contributed by atoms with Crippen molar-refractivity contribution >= 4 is 22.8 Å². The minimum Gasteiger partial charge on any atom is -0.370 e. The molecule has 1 aromatic carbocycles. The van der Waals surface area contributed by atoms with E-state index in [-0.39, 0.29) is 24.2 Å². The highest BCUT2D eigenvalue weighted by Gasteiger charge is 2.25. The van der Waals surface area contributed by atoms with Gasteiger partial charge >= 0.3 is 0 Å². The van der Waals surface area contributed by atoms with Gasteiger partial charge < -0.3 is 10.2 Å². The van der Waals surface area contributed by atoms with Crippen LogP contribution >= 0.6 is 0 Å². The number of halogens is 1. The highest BCUT2D eigenvalue weighted by atomic mass is 19.1. The minimum absolute atomic E-state index is 0.0135. The van der Waals surface area contributed by atoms with Crippen molar-refractivity contribution in [3.63, 3.8) is 0 Å². The van der Waals surface area contributed by atoms with Gasteiger partial charge in [-0.15, -0.1) is 0 Å². The van der Waals surface area contributed by atoms with E-state index in [2.05, 4.69) is 25.2 Å². The summed E-state index contributed by atoms with van der Waals surface area (Å²) in [5.74, 6) is -0.360. The van der Waals surface area contributed by atoms with Crippen LogP contribution in [0.3, 0.4) is 0 Å². The summed E-state index contributed by atoms with van der Waals surface area (Å²) in [4.78, 5) is 27.5. The Morgan fingerprint density at radius 2 is 1.93 bits per heavy atom. The van der Waals surface area contributed by atoms with E-state index in [1.165, 1.54) is 6.07 Å². The molecule has 1 aliphatic heterocycles. The van der Waals surface area contributed by atoms with Gasteiger partial charge in [-0.1, -0.05) is 18.2 Å². The van der Waals surface area contributed by atoms with Crippen LogP contribution in [0.2, 0.25) is 0 Å². The number of carbonyl (C=O) groups is 1. The molecule has 138 valence electrons. The van der Waals surface area contributed by atoms with E-state index in [9.17, 15) is 9.18 Å². The molecule has 0 spiro atoms. The number of piperidine rings is 1. The first kappa shape index (κ1) is 17.3. The SMILES string of the molecule is O=C(NCc1ccccc1F)C1CCN(c2cnc3nccnc3c2)CC1. The molecule has 7 heteroatoms. The summed E-state index contributed by atoms with van der Waals surface area (Å²) in [6.07, 6.45) is 6.58. The standard InChI is InChI=1S/C20H20FN5O/c21-17-4-2-1-3-15(17)12-25-20(27)14-5-9-26(10-6-14)16-11-18-19(24-13-16)23-8-7-22-18/h1-4,7-8,11,13-14H,5-6,9-10,12H2,(H,25,27). The zero-order valence-electron chi connectivity index (χ0n) is 14.8. The fourth-order valence-electron chi connectivity index (χ4n) is 3.39. The summed E-state index contributed by atoms with van der Waals surface area (Å²) >= 11 is 0. The number of nitrogens with one attached hydrogen (secondary N) is 1. The molecule has 1 saturated heterocycles. The van der Waals surface area contributed by atoms with Crippen LogP contribution < -0.4 is 10.2 Å². The van der Waals surface area contributed by atoms with Crippen LogP contribution in [0, 0.1) is 11.7 Å². The molecule has 0 saturated carbocycles. The minimum atomic E-state index is -0.292. The fourth-order valence-corrected chi connectivity index (χ4v) is 3.39. The molecule has 1 amide bonds. The molecule has 4 rings (SSSR count). The molecule has 6 nitrogen and oxygen atoms in total. The summed E-state index contributed by atoms with van der Waals surface area (Å²) < 4.78 is 13.7. The Morgan fingerprint density at radius 1 is 1.15 bits per heavy atom. The lowest BCUT2D eigenvalue weighted by Crippen LogP contribution is -2.40. The molecular weight excluding hydrogens is 345 g/mol. The molecule has 2 aromatic heterocycles. The Kier molecular flexibility index (Phi) is 4.91. The number of carbonyl (C=O) groups excluding carboxylic acids is 1. The van der Waals surface area contributed by atoms with Crippen LogP contribution in [0.4, 0.5) is 10.1 Å². The summed E-state index contributed by atoms with van der Waals surface area (Å²) in [6.45, 7) is 1.76. The maximum Gasteiger partial charge on any atom is 0.223 e. The predicted octanol–water partition coefficient (Wildman–Crippen LogP) is 2.70. The first-order chi connectivity index (χ1) is 13.2. The first-order valence-corrected chi connectivity index (χ1v) is 9.03. The number of benzene rings is 1. The van der Waals surface area contributed by atoms with E-state index in [4.69, 9.17) is 0 Å². The molecular formula is C20H20FN5O. The van der Waals surface area contributed by atoms with E-state index in [0.717, 1.165) is 37.1 Å². The molecule has 0 aliphatic carbocycles. The lowest BCUT2D eigenvalue weighted by Gasteiger charge is -2.32. The van der Waals surface area contributed by atoms with Gasteiger partial charge in [0.1, 0.15) is 11.3 Å². The van der Waals surface area contributed by atoms with Crippen molar-refractivity contribution in [2.75, 3.05) is 18.0 Å². The van der Waals surface area contributed by atoms with E-state index in [0.29, 0.717) is 11.2 Å². The van der Waals surface area contributed by atoms with Crippen LogP contribution in [0.15, 0.2) is 48.9 Å². The van der Waals surface area contributed by atoms with E-state index < -0.39 is 0 Å². The number of amides is 1. The van der Waals surface area contributed by atoms with Crippen LogP contribution in [0.5, 0.6) is 0 Å². The number of anilines is 1. The smallest absolute Gasteiger partial charge is 0.223 e. The Hall–Kier alpha value is -3.09. The van der Waals surface area contributed by atoms with Gasteiger partial charge in [0.2, 0.25) is 5.91 Å². The van der Waals surface area contributed by atoms with Crippen LogP contribution in [0.25, 0.3) is 11.2 Å². The maximum absolute atomic E-state index is 13.7. The monoisotopic (exact) mass is 365 g/mol. The first-order valence-electron chi connectivity index (χ1n) is 9.03. The molecule has 1 aliphatic rings. The molecule has 3 heterocycles. The van der Waals surface area contributed by atoms with E-state index in [1.807, 2.05) is 6.07 Å². The van der Waals surface area contributed by atoms with Gasteiger partial charge in [0, 0.05) is 43.5 Å². The zero-order valence-corrected chi connectivity index (χ0v) is 14.8. The highest BCUT2D eigenvalue weighted by Crippen LogP contribution is 2.24. The van der Waals surface area contributed by atoms with Crippen molar-refractivity contribution in [2.24, 2.45) is 5.92 Å². The van der Waals surface area contributed by atoms with E-state index in [1.54, 1.807) is 36.8 Å². The van der Waals surface area contributed by atoms with Crippen LogP contribution in [-0.2, 0) is 11.3 Å². The van der Waals surface area contributed by atoms with Crippen molar-refractivity contribution in [1.29, 1.82) is 0 Å². The van der Waals surface area contributed by atoms with Crippen molar-refractivity contribution < 1.29 is 9.18 Å². The number of fused-ring (bicyclic) bond motifs is 1. The predicted molar refractivity (Wildman–Crippen MR) is 101 cm³/mol. The topological polar surface area (TPSA) is 71.0 Å². The highest BCUT2D eigenvalue weighted by molar-refractivity contribution is 5.79. The maximum atomic E-state index is 13.7. The summed E-state index contributed by atoms with van der Waals surface area (Å²) in [7, 11) is 0. The Balaban J connectivity index is 1.34. The lowest BCUT2D eigenvalue weighted by molar-refractivity contribution is -0.125. The van der Waals surface area contributed by atoms with Crippen LogP contribution in [0.1, 0.15) is 18.4 Å². The van der Waals surface area contributed by atoms with Gasteiger partial charge in [-0.25, -0.2) is 14.4 Å². The summed E-state index contributed by atoms with van der Waals surface area (Å²) in [5.41, 5.74) is 2.89. The molecule has 27 heavy (non-hydrogen) atoms. The third-order valence-corrected chi connectivity index (χ3v) is 4.95. The second-order valence-corrected chi connectivity index (χ2v) is 6.66. The lowest BCUT2D eigenvalue weighted by atomic mass is 9.95. The Bertz CT molecular complexity index is 956. The van der Waals surface area contributed by atoms with Crippen molar-refractivity contribution in [1.82, 2.24) is 20.3 Å². The third-order valence-electron chi connectivity index (χ3n) is 4.95. The second kappa shape index (κ2) is 7.65. The fraction of sp³-hybridized carbons (Fsp3) is 0.300. The average molecular weight is 365 g/mol. The summed E-state index contributed by atoms with van der Waals surface area (Å²) in [6, 6.07) is 8.48. The van der Waals surface area contributed by atoms with Crippen LogP contribution in [-0.4, -0.2) is 33.9 Å². The molecule has 1 N–H and O–H groups in total. The average Bonchev–Trinajstić information content (AvgIpc) is 2.73. The number of hydrogen-bond donors (Lipinski definition) is 1. The van der Waals surface area contributed by atoms with Gasteiger partial charge in [-0.3, -0.25) is 9.78 Å². The largest absolute Gasteiger partial charge is 0.370 e. The molecule has 0 bridgehead atoms. The molecule has 0 atom stereocenters. The Morgan fingerprint density at radius 3 is 2.74 bits per heavy atom. The number of rotatable bonds is 4. The van der Waals surface area contributed by atoms with Crippen molar-refractivity contribution in [3.8, 4) is 0 Å². The zero-order chi connectivity index (χ0) is 18.6. The van der Waals surface area contributed by atoms with Crippen molar-refractivity contribution in [2.45, 2.75) is 19.4 Å². The summed E-state index contributed by atoms with van der Waals surface area (Å²) in [5, 5.41) is 2.86. The number of pyridine rings is 1. The van der Waals surface area contributed by atoms with E-state index >= 15 is 0 Å². The molecule has 0 unspecified atom stereocenters. The van der Waals surface area contributed by atoms with Gasteiger partial charge in [0.15, 0.2) is 5.65 Å². The van der Waals surface area contributed by atoms with Gasteiger partial charge in [-0.2, -0.15) is 0 Å². The van der Waals surface area contributed by atoms with Gasteiger partial charge in [0.05, 0.1) is 11.9 Å². The second-order valence-electron chi connectivity index (χ2n) is 6.66. The number of hydrogen-bond acceptors (Lipinski definition) is 5. The third kappa shape index (κ3) is 3.86. The van der Waals surface area contributed by atoms with Gasteiger partial charge in [0.25, 0.3) is 0 Å². The quantitative estimate of drug-likeness (QED) is 0.770. The molecule has 1 fully saturated rings. The van der Waals surface area contributed by atoms with Crippen molar-refractivity contribution in [3.05, 3.63) is 60.3 Å². The number of aromatic nitrogens is 3. The molecule has 0 radical (unpaired) electrons. The van der Waals surface area contributed by atoms with Gasteiger partial charge in [-0.05, 0) is 25.0 Å². The molecule has 3 aromatic rings.